The number of hydrogen-bond acceptors (Lipinski definition) is 4. The van der Waals surface area contributed by atoms with Crippen molar-refractivity contribution in [3.8, 4) is 11.8 Å². The standard InChI is InChI=1S/C12H8F5NO3/c1-2-20-11(19)8-3-6(5-18)7(10(13)14)4-9(8)21-12(15,16)17/h3-4,10H,2H2,1H3. The first-order valence-corrected chi connectivity index (χ1v) is 5.48. The minimum Gasteiger partial charge on any atom is -0.462 e. The van der Waals surface area contributed by atoms with E-state index in [1.165, 1.54) is 13.0 Å². The minimum absolute atomic E-state index is 0.150. The van der Waals surface area contributed by atoms with E-state index in [1.54, 1.807) is 0 Å². The van der Waals surface area contributed by atoms with Gasteiger partial charge < -0.3 is 9.47 Å². The maximum absolute atomic E-state index is 12.7. The van der Waals surface area contributed by atoms with Gasteiger partial charge >= 0.3 is 12.3 Å². The second-order valence-corrected chi connectivity index (χ2v) is 3.62. The average molecular weight is 309 g/mol. The predicted octanol–water partition coefficient (Wildman–Crippen LogP) is 3.57. The Bertz CT molecular complexity index is 577. The van der Waals surface area contributed by atoms with Crippen molar-refractivity contribution in [1.82, 2.24) is 0 Å². The number of carbonyl (C=O) groups excluding carboxylic acids is 1. The molecule has 0 spiro atoms. The topological polar surface area (TPSA) is 59.3 Å². The van der Waals surface area contributed by atoms with Gasteiger partial charge in [0.2, 0.25) is 0 Å². The molecule has 0 N–H and O–H groups in total. The van der Waals surface area contributed by atoms with Gasteiger partial charge in [-0.1, -0.05) is 0 Å². The summed E-state index contributed by atoms with van der Waals surface area (Å²) in [5.74, 6) is -2.36. The van der Waals surface area contributed by atoms with E-state index in [-0.39, 0.29) is 6.61 Å². The Kier molecular flexibility index (Phi) is 5.07. The van der Waals surface area contributed by atoms with Crippen LogP contribution >= 0.6 is 0 Å². The van der Waals surface area contributed by atoms with E-state index in [0.29, 0.717) is 12.1 Å². The van der Waals surface area contributed by atoms with Crippen LogP contribution in [0.15, 0.2) is 12.1 Å². The number of halogens is 5. The van der Waals surface area contributed by atoms with Gasteiger partial charge in [0, 0.05) is 5.56 Å². The Labute approximate surface area is 115 Å². The summed E-state index contributed by atoms with van der Waals surface area (Å²) in [5.41, 5.74) is -2.36. The highest BCUT2D eigenvalue weighted by molar-refractivity contribution is 5.93. The fourth-order valence-electron chi connectivity index (χ4n) is 1.45. The summed E-state index contributed by atoms with van der Waals surface area (Å²) in [7, 11) is 0. The lowest BCUT2D eigenvalue weighted by Gasteiger charge is -2.15. The first kappa shape index (κ1) is 16.7. The van der Waals surface area contributed by atoms with Crippen LogP contribution < -0.4 is 4.74 Å². The van der Waals surface area contributed by atoms with Crippen molar-refractivity contribution in [3.63, 3.8) is 0 Å². The van der Waals surface area contributed by atoms with Crippen LogP contribution in [0, 0.1) is 11.3 Å². The summed E-state index contributed by atoms with van der Waals surface area (Å²) in [4.78, 5) is 11.5. The highest BCUT2D eigenvalue weighted by Crippen LogP contribution is 2.33. The summed E-state index contributed by atoms with van der Waals surface area (Å²) in [6.07, 6.45) is -8.39. The van der Waals surface area contributed by atoms with Crippen LogP contribution in [-0.2, 0) is 4.74 Å². The molecule has 9 heteroatoms. The molecule has 0 saturated carbocycles. The number of nitrogens with zero attached hydrogens (tertiary/aromatic N) is 1. The normalized spacial score (nSPS) is 11.1. The van der Waals surface area contributed by atoms with E-state index >= 15 is 0 Å². The van der Waals surface area contributed by atoms with Gasteiger partial charge in [-0.25, -0.2) is 13.6 Å². The quantitative estimate of drug-likeness (QED) is 0.630. The Morgan fingerprint density at radius 2 is 2.00 bits per heavy atom. The van der Waals surface area contributed by atoms with Gasteiger partial charge in [0.05, 0.1) is 18.2 Å². The number of hydrogen-bond donors (Lipinski definition) is 0. The predicted molar refractivity (Wildman–Crippen MR) is 58.8 cm³/mol. The summed E-state index contributed by atoms with van der Waals surface area (Å²) < 4.78 is 70.2. The molecule has 0 atom stereocenters. The first-order chi connectivity index (χ1) is 9.69. The number of nitriles is 1. The Hall–Kier alpha value is -2.37. The number of benzene rings is 1. The Morgan fingerprint density at radius 1 is 1.38 bits per heavy atom. The van der Waals surface area contributed by atoms with Crippen molar-refractivity contribution < 1.29 is 36.2 Å². The second-order valence-electron chi connectivity index (χ2n) is 3.62. The first-order valence-electron chi connectivity index (χ1n) is 5.48. The van der Waals surface area contributed by atoms with Crippen LogP contribution in [0.25, 0.3) is 0 Å². The zero-order valence-electron chi connectivity index (χ0n) is 10.5. The van der Waals surface area contributed by atoms with Gasteiger partial charge in [-0.2, -0.15) is 5.26 Å². The van der Waals surface area contributed by atoms with Crippen molar-refractivity contribution in [2.24, 2.45) is 0 Å². The third kappa shape index (κ3) is 4.30. The second kappa shape index (κ2) is 6.39. The molecule has 0 aliphatic heterocycles. The SMILES string of the molecule is CCOC(=O)c1cc(C#N)c(C(F)F)cc1OC(F)(F)F. The van der Waals surface area contributed by atoms with Gasteiger partial charge in [-0.05, 0) is 19.1 Å². The molecule has 0 amide bonds. The number of esters is 1. The smallest absolute Gasteiger partial charge is 0.462 e. The van der Waals surface area contributed by atoms with E-state index in [2.05, 4.69) is 9.47 Å². The highest BCUT2D eigenvalue weighted by Gasteiger charge is 2.34. The highest BCUT2D eigenvalue weighted by atomic mass is 19.4. The van der Waals surface area contributed by atoms with Gasteiger partial charge in [0.15, 0.2) is 0 Å². The molecule has 21 heavy (non-hydrogen) atoms. The molecule has 0 aromatic heterocycles. The van der Waals surface area contributed by atoms with Crippen LogP contribution in [0.2, 0.25) is 0 Å². The van der Waals surface area contributed by atoms with E-state index in [1.807, 2.05) is 0 Å². The van der Waals surface area contributed by atoms with Crippen LogP contribution in [0.3, 0.4) is 0 Å². The zero-order chi connectivity index (χ0) is 16.2. The maximum atomic E-state index is 12.7. The van der Waals surface area contributed by atoms with Crippen molar-refractivity contribution in [2.45, 2.75) is 19.7 Å². The van der Waals surface area contributed by atoms with Gasteiger partial charge in [0.1, 0.15) is 11.3 Å². The lowest BCUT2D eigenvalue weighted by atomic mass is 10.0. The van der Waals surface area contributed by atoms with Gasteiger partial charge in [0.25, 0.3) is 6.43 Å². The number of ether oxygens (including phenoxy) is 2. The molecule has 0 bridgehead atoms. The molecular formula is C12H8F5NO3. The van der Waals surface area contributed by atoms with E-state index in [0.717, 1.165) is 0 Å². The van der Waals surface area contributed by atoms with Crippen LogP contribution in [0.1, 0.15) is 34.8 Å². The maximum Gasteiger partial charge on any atom is 0.573 e. The van der Waals surface area contributed by atoms with Crippen molar-refractivity contribution in [2.75, 3.05) is 6.61 Å². The zero-order valence-corrected chi connectivity index (χ0v) is 10.5. The van der Waals surface area contributed by atoms with Crippen LogP contribution in [0.4, 0.5) is 22.0 Å². The summed E-state index contributed by atoms with van der Waals surface area (Å²) in [5, 5.41) is 8.73. The fourth-order valence-corrected chi connectivity index (χ4v) is 1.45. The van der Waals surface area contributed by atoms with E-state index in [9.17, 15) is 26.7 Å². The Morgan fingerprint density at radius 3 is 2.43 bits per heavy atom. The molecule has 0 fully saturated rings. The summed E-state index contributed by atoms with van der Waals surface area (Å²) in [6.45, 7) is 1.25. The average Bonchev–Trinajstić information content (AvgIpc) is 2.36. The van der Waals surface area contributed by atoms with Gasteiger partial charge in [-0.15, -0.1) is 13.2 Å². The minimum atomic E-state index is -5.19. The van der Waals surface area contributed by atoms with Crippen molar-refractivity contribution >= 4 is 5.97 Å². The summed E-state index contributed by atoms with van der Waals surface area (Å²) >= 11 is 0. The Balaban J connectivity index is 3.45. The largest absolute Gasteiger partial charge is 0.573 e. The van der Waals surface area contributed by atoms with Crippen molar-refractivity contribution in [3.05, 3.63) is 28.8 Å². The molecule has 0 radical (unpaired) electrons. The third-order valence-electron chi connectivity index (χ3n) is 2.23. The summed E-state index contributed by atoms with van der Waals surface area (Å²) in [6, 6.07) is 2.27. The molecule has 114 valence electrons. The fraction of sp³-hybridized carbons (Fsp3) is 0.333. The molecule has 0 aliphatic carbocycles. The number of rotatable bonds is 4. The van der Waals surface area contributed by atoms with Crippen LogP contribution in [-0.4, -0.2) is 18.9 Å². The molecule has 0 unspecified atom stereocenters. The van der Waals surface area contributed by atoms with Gasteiger partial charge in [-0.3, -0.25) is 0 Å². The molecule has 1 aromatic carbocycles. The molecule has 4 nitrogen and oxygen atoms in total. The number of alkyl halides is 5. The molecule has 0 saturated heterocycles. The number of carbonyl (C=O) groups is 1. The third-order valence-corrected chi connectivity index (χ3v) is 2.23. The lowest BCUT2D eigenvalue weighted by molar-refractivity contribution is -0.274. The van der Waals surface area contributed by atoms with Crippen molar-refractivity contribution in [1.29, 1.82) is 5.26 Å². The molecule has 0 heterocycles. The lowest BCUT2D eigenvalue weighted by Crippen LogP contribution is -2.20. The van der Waals surface area contributed by atoms with E-state index < -0.39 is 41.2 Å². The molecular weight excluding hydrogens is 301 g/mol. The van der Waals surface area contributed by atoms with E-state index in [4.69, 9.17) is 5.26 Å². The molecule has 1 rings (SSSR count). The molecule has 1 aromatic rings. The van der Waals surface area contributed by atoms with Crippen LogP contribution in [0.5, 0.6) is 5.75 Å². The molecule has 0 aliphatic rings. The monoisotopic (exact) mass is 309 g/mol.